The van der Waals surface area contributed by atoms with Crippen LogP contribution in [-0.2, 0) is 4.84 Å². The molecule has 2 aliphatic rings. The molecule has 1 aliphatic carbocycles. The molecule has 0 saturated heterocycles. The summed E-state index contributed by atoms with van der Waals surface area (Å²) in [5, 5.41) is 15.1. The first-order valence-corrected chi connectivity index (χ1v) is 6.29. The number of nitrogens with zero attached hydrogens (tertiary/aromatic N) is 1. The lowest BCUT2D eigenvalue weighted by molar-refractivity contribution is 0.0583. The fourth-order valence-electron chi connectivity index (χ4n) is 2.53. The molecule has 1 fully saturated rings. The van der Waals surface area contributed by atoms with E-state index in [1.807, 2.05) is 6.07 Å². The zero-order valence-corrected chi connectivity index (χ0v) is 10.4. The van der Waals surface area contributed by atoms with Gasteiger partial charge in [-0.3, -0.25) is 0 Å². The van der Waals surface area contributed by atoms with Crippen LogP contribution in [-0.4, -0.2) is 23.0 Å². The van der Waals surface area contributed by atoms with Crippen molar-refractivity contribution >= 4 is 28.9 Å². The number of fused-ring (bicyclic) bond motifs is 1. The van der Waals surface area contributed by atoms with E-state index in [9.17, 15) is 5.11 Å². The van der Waals surface area contributed by atoms with Crippen molar-refractivity contribution in [3.8, 4) is 0 Å². The van der Waals surface area contributed by atoms with E-state index < -0.39 is 6.10 Å². The molecule has 0 amide bonds. The van der Waals surface area contributed by atoms with Crippen LogP contribution in [0.4, 0.5) is 0 Å². The van der Waals surface area contributed by atoms with E-state index in [1.165, 1.54) is 0 Å². The number of hydrogen-bond donors (Lipinski definition) is 1. The van der Waals surface area contributed by atoms with Gasteiger partial charge in [0.2, 0.25) is 0 Å². The van der Waals surface area contributed by atoms with E-state index in [1.54, 1.807) is 12.1 Å². The van der Waals surface area contributed by atoms with Gasteiger partial charge in [0.05, 0.1) is 22.8 Å². The highest BCUT2D eigenvalue weighted by Gasteiger charge is 2.45. The normalized spacial score (nSPS) is 31.0. The van der Waals surface area contributed by atoms with Gasteiger partial charge >= 0.3 is 0 Å². The van der Waals surface area contributed by atoms with Gasteiger partial charge in [-0.15, -0.1) is 0 Å². The summed E-state index contributed by atoms with van der Waals surface area (Å²) < 4.78 is 0. The van der Waals surface area contributed by atoms with Crippen LogP contribution in [0.3, 0.4) is 0 Å². The molecule has 5 heteroatoms. The van der Waals surface area contributed by atoms with Crippen LogP contribution in [0.2, 0.25) is 10.0 Å². The van der Waals surface area contributed by atoms with Crippen molar-refractivity contribution in [3.63, 3.8) is 0 Å². The van der Waals surface area contributed by atoms with Crippen molar-refractivity contribution < 1.29 is 9.94 Å². The predicted octanol–water partition coefficient (Wildman–Crippen LogP) is 2.87. The molecule has 0 bridgehead atoms. The Kier molecular flexibility index (Phi) is 2.77. The van der Waals surface area contributed by atoms with Crippen LogP contribution in [0.1, 0.15) is 18.4 Å². The number of rotatable bonds is 1. The van der Waals surface area contributed by atoms with Crippen molar-refractivity contribution in [2.45, 2.75) is 25.0 Å². The molecule has 1 aliphatic heterocycles. The van der Waals surface area contributed by atoms with Crippen molar-refractivity contribution in [1.29, 1.82) is 0 Å². The van der Waals surface area contributed by atoms with Crippen molar-refractivity contribution in [2.24, 2.45) is 11.1 Å². The summed E-state index contributed by atoms with van der Waals surface area (Å²) in [7, 11) is 0. The van der Waals surface area contributed by atoms with Gasteiger partial charge in [-0.1, -0.05) is 34.4 Å². The van der Waals surface area contributed by atoms with Crippen LogP contribution in [0.15, 0.2) is 23.4 Å². The van der Waals surface area contributed by atoms with E-state index in [-0.39, 0.29) is 12.0 Å². The van der Waals surface area contributed by atoms with Gasteiger partial charge in [-0.25, -0.2) is 0 Å². The second-order valence-corrected chi connectivity index (χ2v) is 5.26. The number of benzene rings is 1. The fraction of sp³-hybridized carbons (Fsp3) is 0.417. The molecule has 17 heavy (non-hydrogen) atoms. The Hall–Kier alpha value is -0.770. The minimum absolute atomic E-state index is 0.00764. The van der Waals surface area contributed by atoms with Gasteiger partial charge in [0, 0.05) is 10.6 Å². The highest BCUT2D eigenvalue weighted by molar-refractivity contribution is 6.37. The summed E-state index contributed by atoms with van der Waals surface area (Å²) in [5.41, 5.74) is 1.53. The average Bonchev–Trinajstić information content (AvgIpc) is 2.83. The molecule has 1 N–H and O–H groups in total. The zero-order chi connectivity index (χ0) is 12.0. The van der Waals surface area contributed by atoms with E-state index in [0.717, 1.165) is 24.1 Å². The molecule has 3 nitrogen and oxygen atoms in total. The molecular weight excluding hydrogens is 261 g/mol. The molecular formula is C12H11Cl2NO2. The Morgan fingerprint density at radius 3 is 2.88 bits per heavy atom. The average molecular weight is 272 g/mol. The third kappa shape index (κ3) is 1.82. The van der Waals surface area contributed by atoms with E-state index >= 15 is 0 Å². The Bertz CT molecular complexity index is 489. The van der Waals surface area contributed by atoms with Crippen molar-refractivity contribution in [1.82, 2.24) is 0 Å². The predicted molar refractivity (Wildman–Crippen MR) is 66.6 cm³/mol. The van der Waals surface area contributed by atoms with Gasteiger partial charge in [0.15, 0.2) is 0 Å². The molecule has 3 atom stereocenters. The quantitative estimate of drug-likeness (QED) is 0.854. The lowest BCUT2D eigenvalue weighted by Gasteiger charge is -2.14. The van der Waals surface area contributed by atoms with Crippen LogP contribution in [0, 0.1) is 5.92 Å². The molecule has 1 heterocycles. The summed E-state index contributed by atoms with van der Waals surface area (Å²) in [6, 6.07) is 5.26. The highest BCUT2D eigenvalue weighted by Crippen LogP contribution is 2.38. The maximum absolute atomic E-state index is 9.95. The van der Waals surface area contributed by atoms with Gasteiger partial charge in [0.25, 0.3) is 0 Å². The number of aliphatic hydroxyl groups excluding tert-OH is 1. The zero-order valence-electron chi connectivity index (χ0n) is 8.94. The summed E-state index contributed by atoms with van der Waals surface area (Å²) >= 11 is 12.0. The monoisotopic (exact) mass is 271 g/mol. The molecule has 1 aromatic carbocycles. The van der Waals surface area contributed by atoms with Gasteiger partial charge < -0.3 is 9.94 Å². The Labute approximate surface area is 109 Å². The largest absolute Gasteiger partial charge is 0.392 e. The molecule has 1 saturated carbocycles. The molecule has 1 aromatic rings. The molecule has 0 spiro atoms. The highest BCUT2D eigenvalue weighted by atomic mass is 35.5. The third-order valence-electron chi connectivity index (χ3n) is 3.37. The SMILES string of the molecule is O[C@H]1CC[C@@H]2ON=C(c3ccc(Cl)cc3Cl)[C@@H]21. The molecule has 0 radical (unpaired) electrons. The molecule has 0 unspecified atom stereocenters. The second-order valence-electron chi connectivity index (χ2n) is 4.42. The van der Waals surface area contributed by atoms with E-state index in [4.69, 9.17) is 28.0 Å². The maximum Gasteiger partial charge on any atom is 0.138 e. The van der Waals surface area contributed by atoms with Crippen LogP contribution < -0.4 is 0 Å². The molecule has 3 rings (SSSR count). The molecule has 0 aromatic heterocycles. The lowest BCUT2D eigenvalue weighted by atomic mass is 9.93. The van der Waals surface area contributed by atoms with E-state index in [0.29, 0.717) is 10.0 Å². The standard InChI is InChI=1S/C12H11Cl2NO2/c13-6-1-2-7(8(14)5-6)12-11-9(16)3-4-10(11)17-15-12/h1-2,5,9-11,16H,3-4H2/t9-,10-,11+/m0/s1. The van der Waals surface area contributed by atoms with Gasteiger partial charge in [0.1, 0.15) is 6.10 Å². The lowest BCUT2D eigenvalue weighted by Crippen LogP contribution is -2.27. The summed E-state index contributed by atoms with van der Waals surface area (Å²) in [5.74, 6) is -0.0614. The Morgan fingerprint density at radius 2 is 2.12 bits per heavy atom. The fourth-order valence-corrected chi connectivity index (χ4v) is 3.04. The minimum atomic E-state index is -0.395. The van der Waals surface area contributed by atoms with E-state index in [2.05, 4.69) is 5.16 Å². The van der Waals surface area contributed by atoms with Crippen LogP contribution in [0.5, 0.6) is 0 Å². The number of aliphatic hydroxyl groups is 1. The third-order valence-corrected chi connectivity index (χ3v) is 3.92. The first kappa shape index (κ1) is 11.3. The van der Waals surface area contributed by atoms with Crippen molar-refractivity contribution in [3.05, 3.63) is 33.8 Å². The number of hydrogen-bond acceptors (Lipinski definition) is 3. The van der Waals surface area contributed by atoms with Crippen molar-refractivity contribution in [2.75, 3.05) is 0 Å². The minimum Gasteiger partial charge on any atom is -0.392 e. The summed E-state index contributed by atoms with van der Waals surface area (Å²) in [6.45, 7) is 0. The van der Waals surface area contributed by atoms with Gasteiger partial charge in [-0.2, -0.15) is 0 Å². The Balaban J connectivity index is 1.99. The number of halogens is 2. The summed E-state index contributed by atoms with van der Waals surface area (Å²) in [6.07, 6.45) is 1.18. The summed E-state index contributed by atoms with van der Waals surface area (Å²) in [4.78, 5) is 5.34. The maximum atomic E-state index is 9.95. The number of oxime groups is 1. The smallest absolute Gasteiger partial charge is 0.138 e. The van der Waals surface area contributed by atoms with Gasteiger partial charge in [-0.05, 0) is 25.0 Å². The van der Waals surface area contributed by atoms with Crippen LogP contribution in [0.25, 0.3) is 0 Å². The molecule has 90 valence electrons. The first-order valence-electron chi connectivity index (χ1n) is 5.54. The Morgan fingerprint density at radius 1 is 1.29 bits per heavy atom. The topological polar surface area (TPSA) is 41.8 Å². The second kappa shape index (κ2) is 4.16. The van der Waals surface area contributed by atoms with Crippen LogP contribution >= 0.6 is 23.2 Å². The first-order chi connectivity index (χ1) is 8.16.